The minimum Gasteiger partial charge on any atom is -0.282 e. The van der Waals surface area contributed by atoms with E-state index in [-0.39, 0.29) is 37.0 Å². The molecule has 0 aromatic rings. The number of carbonyl (C=O) groups is 2. The smallest absolute Gasteiger partial charge is 0.234 e. The summed E-state index contributed by atoms with van der Waals surface area (Å²) in [6.07, 6.45) is 0.336. The molecule has 0 spiro atoms. The Kier molecular flexibility index (Phi) is 2.92. The van der Waals surface area contributed by atoms with Crippen LogP contribution < -0.4 is 0 Å². The zero-order valence-corrected chi connectivity index (χ0v) is 8.27. The Hall–Kier alpha value is -0.620. The summed E-state index contributed by atoms with van der Waals surface area (Å²) < 4.78 is 21.0. The topological polar surface area (TPSA) is 71.5 Å². The molecule has 0 aromatic heterocycles. The van der Waals surface area contributed by atoms with Crippen LogP contribution >= 0.6 is 10.7 Å². The Morgan fingerprint density at radius 3 is 2.08 bits per heavy atom. The standard InChI is InChI=1S/C6H8ClNO4S/c7-13(11,12)4-3-8-5(9)1-2-6(8)10/h1-4H2. The third-order valence-electron chi connectivity index (χ3n) is 1.71. The summed E-state index contributed by atoms with van der Waals surface area (Å²) in [6, 6.07) is 0. The molecule has 0 unspecified atom stereocenters. The number of imide groups is 1. The van der Waals surface area contributed by atoms with Crippen LogP contribution in [0, 0.1) is 0 Å². The predicted molar refractivity (Wildman–Crippen MR) is 45.6 cm³/mol. The molecule has 0 saturated carbocycles. The van der Waals surface area contributed by atoms with E-state index in [0.717, 1.165) is 4.90 Å². The van der Waals surface area contributed by atoms with Gasteiger partial charge in [0.2, 0.25) is 20.9 Å². The van der Waals surface area contributed by atoms with Crippen LogP contribution in [0.15, 0.2) is 0 Å². The van der Waals surface area contributed by atoms with Crippen LogP contribution in [-0.2, 0) is 18.6 Å². The molecule has 74 valence electrons. The van der Waals surface area contributed by atoms with Crippen molar-refractivity contribution in [3.63, 3.8) is 0 Å². The molecule has 1 heterocycles. The number of likely N-dealkylation sites (tertiary alicyclic amines) is 1. The molecule has 7 heteroatoms. The number of hydrogen-bond donors (Lipinski definition) is 0. The quantitative estimate of drug-likeness (QED) is 0.489. The normalized spacial score (nSPS) is 18.4. The van der Waals surface area contributed by atoms with Crippen molar-refractivity contribution >= 4 is 31.5 Å². The summed E-state index contributed by atoms with van der Waals surface area (Å²) in [5.41, 5.74) is 0. The highest BCUT2D eigenvalue weighted by molar-refractivity contribution is 8.13. The van der Waals surface area contributed by atoms with E-state index in [1.807, 2.05) is 0 Å². The molecular weight excluding hydrogens is 218 g/mol. The molecule has 0 aromatic carbocycles. The molecular formula is C6H8ClNO4S. The second kappa shape index (κ2) is 3.63. The zero-order chi connectivity index (χ0) is 10.1. The summed E-state index contributed by atoms with van der Waals surface area (Å²) in [4.78, 5) is 22.9. The maximum absolute atomic E-state index is 11.0. The van der Waals surface area contributed by atoms with Crippen LogP contribution in [0.1, 0.15) is 12.8 Å². The molecule has 1 fully saturated rings. The summed E-state index contributed by atoms with van der Waals surface area (Å²) >= 11 is 0. The van der Waals surface area contributed by atoms with Crippen LogP contribution in [-0.4, -0.2) is 37.4 Å². The fourth-order valence-electron chi connectivity index (χ4n) is 1.07. The molecule has 0 aliphatic carbocycles. The second-order valence-corrected chi connectivity index (χ2v) is 5.58. The average Bonchev–Trinajstić information content (AvgIpc) is 2.27. The van der Waals surface area contributed by atoms with Gasteiger partial charge in [-0.1, -0.05) is 0 Å². The lowest BCUT2D eigenvalue weighted by molar-refractivity contribution is -0.137. The number of halogens is 1. The van der Waals surface area contributed by atoms with Gasteiger partial charge in [0.25, 0.3) is 0 Å². The van der Waals surface area contributed by atoms with Crippen LogP contribution in [0.4, 0.5) is 0 Å². The van der Waals surface area contributed by atoms with E-state index in [1.54, 1.807) is 0 Å². The third kappa shape index (κ3) is 2.96. The van der Waals surface area contributed by atoms with Gasteiger partial charge in [-0.2, -0.15) is 0 Å². The Morgan fingerprint density at radius 1 is 1.23 bits per heavy atom. The van der Waals surface area contributed by atoms with Crippen LogP contribution in [0.5, 0.6) is 0 Å². The van der Waals surface area contributed by atoms with E-state index in [0.29, 0.717) is 0 Å². The molecule has 0 bridgehead atoms. The van der Waals surface area contributed by atoms with E-state index >= 15 is 0 Å². The van der Waals surface area contributed by atoms with Crippen molar-refractivity contribution in [1.82, 2.24) is 4.90 Å². The van der Waals surface area contributed by atoms with Gasteiger partial charge in [-0.3, -0.25) is 14.5 Å². The van der Waals surface area contributed by atoms with Crippen LogP contribution in [0.3, 0.4) is 0 Å². The lowest BCUT2D eigenvalue weighted by Gasteiger charge is -2.11. The molecule has 13 heavy (non-hydrogen) atoms. The molecule has 0 N–H and O–H groups in total. The maximum atomic E-state index is 11.0. The van der Waals surface area contributed by atoms with Gasteiger partial charge in [0.1, 0.15) is 0 Å². The van der Waals surface area contributed by atoms with Crippen molar-refractivity contribution in [2.24, 2.45) is 0 Å². The van der Waals surface area contributed by atoms with Crippen LogP contribution in [0.2, 0.25) is 0 Å². The zero-order valence-electron chi connectivity index (χ0n) is 6.69. The van der Waals surface area contributed by atoms with Gasteiger partial charge in [0, 0.05) is 30.1 Å². The van der Waals surface area contributed by atoms with Gasteiger partial charge in [-0.25, -0.2) is 8.42 Å². The predicted octanol–water partition coefficient (Wildman–Crippen LogP) is -0.296. The summed E-state index contributed by atoms with van der Waals surface area (Å²) in [5, 5.41) is 0. The van der Waals surface area contributed by atoms with Gasteiger partial charge in [0.05, 0.1) is 5.75 Å². The Morgan fingerprint density at radius 2 is 1.69 bits per heavy atom. The summed E-state index contributed by atoms with van der Waals surface area (Å²) in [7, 11) is 1.30. The van der Waals surface area contributed by atoms with Crippen molar-refractivity contribution in [3.8, 4) is 0 Å². The lowest BCUT2D eigenvalue weighted by atomic mass is 10.4. The second-order valence-electron chi connectivity index (χ2n) is 2.68. The number of rotatable bonds is 3. The first-order chi connectivity index (χ1) is 5.90. The Bertz CT molecular complexity index is 321. The number of hydrogen-bond acceptors (Lipinski definition) is 4. The number of amides is 2. The van der Waals surface area contributed by atoms with Gasteiger partial charge in [-0.15, -0.1) is 0 Å². The van der Waals surface area contributed by atoms with Crippen molar-refractivity contribution in [1.29, 1.82) is 0 Å². The van der Waals surface area contributed by atoms with Gasteiger partial charge < -0.3 is 0 Å². The highest BCUT2D eigenvalue weighted by atomic mass is 35.7. The molecule has 1 aliphatic rings. The molecule has 1 aliphatic heterocycles. The monoisotopic (exact) mass is 225 g/mol. The SMILES string of the molecule is O=C1CCC(=O)N1CCS(=O)(=O)Cl. The third-order valence-corrected chi connectivity index (χ3v) is 2.85. The van der Waals surface area contributed by atoms with Gasteiger partial charge >= 0.3 is 0 Å². The van der Waals surface area contributed by atoms with Crippen molar-refractivity contribution in [2.75, 3.05) is 12.3 Å². The lowest BCUT2D eigenvalue weighted by Crippen LogP contribution is -2.32. The number of nitrogens with zero attached hydrogens (tertiary/aromatic N) is 1. The fourth-order valence-corrected chi connectivity index (χ4v) is 1.68. The summed E-state index contributed by atoms with van der Waals surface area (Å²) in [6.45, 7) is -0.135. The van der Waals surface area contributed by atoms with Crippen LogP contribution in [0.25, 0.3) is 0 Å². The molecule has 5 nitrogen and oxygen atoms in total. The number of carbonyl (C=O) groups excluding carboxylic acids is 2. The highest BCUT2D eigenvalue weighted by Gasteiger charge is 2.29. The molecule has 2 amide bonds. The minimum absolute atomic E-state index is 0.135. The fraction of sp³-hybridized carbons (Fsp3) is 0.667. The molecule has 0 radical (unpaired) electrons. The van der Waals surface area contributed by atoms with Gasteiger partial charge in [-0.05, 0) is 0 Å². The Labute approximate surface area is 80.1 Å². The van der Waals surface area contributed by atoms with E-state index in [4.69, 9.17) is 10.7 Å². The molecule has 0 atom stereocenters. The highest BCUT2D eigenvalue weighted by Crippen LogP contribution is 2.11. The molecule has 1 rings (SSSR count). The first-order valence-corrected chi connectivity index (χ1v) is 6.13. The van der Waals surface area contributed by atoms with E-state index in [1.165, 1.54) is 0 Å². The van der Waals surface area contributed by atoms with Crippen molar-refractivity contribution < 1.29 is 18.0 Å². The minimum atomic E-state index is -3.63. The summed E-state index contributed by atoms with van der Waals surface area (Å²) in [5.74, 6) is -1.04. The Balaban J connectivity index is 2.54. The molecule has 1 saturated heterocycles. The van der Waals surface area contributed by atoms with E-state index in [2.05, 4.69) is 0 Å². The first-order valence-electron chi connectivity index (χ1n) is 3.66. The first kappa shape index (κ1) is 10.5. The van der Waals surface area contributed by atoms with Crippen molar-refractivity contribution in [2.45, 2.75) is 12.8 Å². The van der Waals surface area contributed by atoms with Gasteiger partial charge in [0.15, 0.2) is 0 Å². The maximum Gasteiger partial charge on any atom is 0.234 e. The van der Waals surface area contributed by atoms with Crippen molar-refractivity contribution in [3.05, 3.63) is 0 Å². The average molecular weight is 226 g/mol. The largest absolute Gasteiger partial charge is 0.282 e. The van der Waals surface area contributed by atoms with E-state index in [9.17, 15) is 18.0 Å². The van der Waals surface area contributed by atoms with E-state index < -0.39 is 9.05 Å².